The van der Waals surface area contributed by atoms with Crippen LogP contribution >= 0.6 is 37.3 Å². The van der Waals surface area contributed by atoms with Gasteiger partial charge in [-0.25, -0.2) is 4.79 Å². The number of hydrogen-bond acceptors (Lipinski definition) is 12. The highest BCUT2D eigenvalue weighted by molar-refractivity contribution is 8.11. The Morgan fingerprint density at radius 1 is 1.14 bits per heavy atom. The summed E-state index contributed by atoms with van der Waals surface area (Å²) in [6, 6.07) is 0. The molecule has 14 heteroatoms. The molecule has 0 aliphatic carbocycles. The Hall–Kier alpha value is -0.510. The Labute approximate surface area is 140 Å². The van der Waals surface area contributed by atoms with E-state index in [4.69, 9.17) is 5.11 Å². The number of esters is 3. The molecule has 22 heavy (non-hydrogen) atoms. The molecule has 0 aromatic carbocycles. The van der Waals surface area contributed by atoms with Gasteiger partial charge in [-0.15, -0.1) is 0 Å². The lowest BCUT2D eigenvalue weighted by molar-refractivity contribution is -0.170. The predicted octanol–water partition coefficient (Wildman–Crippen LogP) is -1.34. The fourth-order valence-corrected chi connectivity index (χ4v) is 2.45. The van der Waals surface area contributed by atoms with Gasteiger partial charge in [-0.05, 0) is 0 Å². The largest absolute Gasteiger partial charge is 0.418 e. The van der Waals surface area contributed by atoms with E-state index in [0.717, 1.165) is 0 Å². The van der Waals surface area contributed by atoms with Crippen molar-refractivity contribution >= 4 is 65.3 Å². The fourth-order valence-electron chi connectivity index (χ4n) is 0.830. The molecule has 0 bridgehead atoms. The van der Waals surface area contributed by atoms with Crippen molar-refractivity contribution in [3.63, 3.8) is 0 Å². The van der Waals surface area contributed by atoms with Crippen molar-refractivity contribution in [2.45, 2.75) is 4.27 Å². The third-order valence-electron chi connectivity index (χ3n) is 1.65. The summed E-state index contributed by atoms with van der Waals surface area (Å²) >= 11 is 6.70. The van der Waals surface area contributed by atoms with Gasteiger partial charge in [0.25, 0.3) is 0 Å². The highest BCUT2D eigenvalue weighted by atomic mass is 32.3. The highest BCUT2D eigenvalue weighted by Crippen LogP contribution is 2.35. The number of aliphatic hydroxyl groups excluding tert-OH is 1. The van der Waals surface area contributed by atoms with Crippen molar-refractivity contribution < 1.29 is 46.1 Å². The monoisotopic (exact) mass is 396 g/mol. The molecule has 0 rings (SSSR count). The zero-order valence-electron chi connectivity index (χ0n) is 10.7. The van der Waals surface area contributed by atoms with Gasteiger partial charge in [0.2, 0.25) is 0 Å². The molecule has 0 saturated heterocycles. The standard InChI is InChI=1S/C8H12O10S4/c9-1-2-16-21-8(22(13,14)15,18-6(11)4-20)7(12)17-5(10)3-19/h9,19-20H,1-4H2,(H,13,14,15). The summed E-state index contributed by atoms with van der Waals surface area (Å²) in [5, 5.41) is 8.57. The maximum Gasteiger partial charge on any atom is 0.405 e. The molecule has 2 N–H and O–H groups in total. The molecule has 0 aromatic heterocycles. The van der Waals surface area contributed by atoms with Crippen LogP contribution in [0.4, 0.5) is 0 Å². The van der Waals surface area contributed by atoms with Gasteiger partial charge < -0.3 is 18.8 Å². The molecule has 0 radical (unpaired) electrons. The number of ether oxygens (including phenoxy) is 2. The third kappa shape index (κ3) is 5.94. The van der Waals surface area contributed by atoms with E-state index in [0.29, 0.717) is 0 Å². The Morgan fingerprint density at radius 3 is 2.09 bits per heavy atom. The van der Waals surface area contributed by atoms with E-state index >= 15 is 0 Å². The molecule has 0 amide bonds. The van der Waals surface area contributed by atoms with Crippen LogP contribution in [0.2, 0.25) is 0 Å². The van der Waals surface area contributed by atoms with Crippen molar-refractivity contribution in [3.05, 3.63) is 0 Å². The number of thiol groups is 2. The second-order valence-corrected chi connectivity index (χ2v) is 6.61. The second-order valence-electron chi connectivity index (χ2n) is 3.21. The molecule has 1 unspecified atom stereocenters. The van der Waals surface area contributed by atoms with Gasteiger partial charge in [0.15, 0.2) is 0 Å². The lowest BCUT2D eigenvalue weighted by atomic mass is 10.6. The smallest absolute Gasteiger partial charge is 0.405 e. The van der Waals surface area contributed by atoms with Crippen LogP contribution in [0.1, 0.15) is 0 Å². The van der Waals surface area contributed by atoms with E-state index in [2.05, 4.69) is 38.9 Å². The van der Waals surface area contributed by atoms with Crippen LogP contribution in [0.15, 0.2) is 0 Å². The van der Waals surface area contributed by atoms with E-state index < -0.39 is 57.0 Å². The van der Waals surface area contributed by atoms with Crippen LogP contribution in [-0.4, -0.2) is 65.0 Å². The third-order valence-corrected chi connectivity index (χ3v) is 4.68. The van der Waals surface area contributed by atoms with Crippen LogP contribution in [-0.2, 0) is 38.2 Å². The highest BCUT2D eigenvalue weighted by Gasteiger charge is 2.59. The molecule has 0 heterocycles. The first-order chi connectivity index (χ1) is 10.1. The van der Waals surface area contributed by atoms with Crippen molar-refractivity contribution in [1.29, 1.82) is 0 Å². The molecular formula is C8H12O10S4. The number of rotatable bonds is 9. The van der Waals surface area contributed by atoms with Crippen molar-refractivity contribution in [3.8, 4) is 0 Å². The summed E-state index contributed by atoms with van der Waals surface area (Å²) in [6.07, 6.45) is 0. The normalized spacial score (nSPS) is 14.0. The Kier molecular flexibility index (Phi) is 9.37. The van der Waals surface area contributed by atoms with E-state index in [1.54, 1.807) is 0 Å². The van der Waals surface area contributed by atoms with E-state index in [1.165, 1.54) is 0 Å². The molecule has 10 nitrogen and oxygen atoms in total. The van der Waals surface area contributed by atoms with Crippen molar-refractivity contribution in [1.82, 2.24) is 0 Å². The average Bonchev–Trinajstić information content (AvgIpc) is 2.44. The van der Waals surface area contributed by atoms with Gasteiger partial charge in [0.05, 0.1) is 36.8 Å². The summed E-state index contributed by atoms with van der Waals surface area (Å²) in [7, 11) is -5.44. The molecule has 0 aliphatic heterocycles. The van der Waals surface area contributed by atoms with Gasteiger partial charge in [-0.2, -0.15) is 33.7 Å². The Bertz CT molecular complexity index is 517. The molecule has 0 spiro atoms. The minimum atomic E-state index is -5.44. The summed E-state index contributed by atoms with van der Waals surface area (Å²) in [5.74, 6) is -5.74. The maximum atomic E-state index is 11.8. The topological polar surface area (TPSA) is 154 Å². The summed E-state index contributed by atoms with van der Waals surface area (Å²) in [5.41, 5.74) is 0. The summed E-state index contributed by atoms with van der Waals surface area (Å²) in [4.78, 5) is 34.2. The van der Waals surface area contributed by atoms with E-state index in [1.807, 2.05) is 0 Å². The molecular weight excluding hydrogens is 384 g/mol. The fraction of sp³-hybridized carbons (Fsp3) is 0.625. The second kappa shape index (κ2) is 9.59. The first-order valence-electron chi connectivity index (χ1n) is 5.21. The van der Waals surface area contributed by atoms with Gasteiger partial charge in [-0.1, -0.05) is 0 Å². The molecule has 1 atom stereocenters. The Morgan fingerprint density at radius 2 is 1.68 bits per heavy atom. The van der Waals surface area contributed by atoms with Gasteiger partial charge >= 0.3 is 32.3 Å². The zero-order chi connectivity index (χ0) is 17.4. The van der Waals surface area contributed by atoms with Crippen LogP contribution in [0.25, 0.3) is 0 Å². The zero-order valence-corrected chi connectivity index (χ0v) is 14.1. The van der Waals surface area contributed by atoms with Gasteiger partial charge in [0.1, 0.15) is 0 Å². The molecule has 0 saturated carbocycles. The number of carbonyl (C=O) groups is 3. The maximum absolute atomic E-state index is 11.8. The predicted molar refractivity (Wildman–Crippen MR) is 79.8 cm³/mol. The molecule has 0 aromatic rings. The van der Waals surface area contributed by atoms with Crippen molar-refractivity contribution in [2.75, 3.05) is 24.7 Å². The van der Waals surface area contributed by atoms with Gasteiger partial charge in [0, 0.05) is 0 Å². The molecule has 0 fully saturated rings. The molecule has 0 aliphatic rings. The van der Waals surface area contributed by atoms with Crippen molar-refractivity contribution in [2.24, 2.45) is 0 Å². The van der Waals surface area contributed by atoms with Crippen LogP contribution in [0.3, 0.4) is 0 Å². The summed E-state index contributed by atoms with van der Waals surface area (Å²) in [6.45, 7) is -1.05. The van der Waals surface area contributed by atoms with E-state index in [9.17, 15) is 27.4 Å². The SMILES string of the molecule is O=C(CS)OC(=O)C(OC(=O)CS)(SOCCO)S(=O)(=O)O. The first kappa shape index (κ1) is 21.5. The average molecular weight is 396 g/mol. The molecule has 128 valence electrons. The minimum absolute atomic E-state index is 0.322. The Balaban J connectivity index is 5.68. The van der Waals surface area contributed by atoms with Crippen LogP contribution < -0.4 is 0 Å². The van der Waals surface area contributed by atoms with Crippen LogP contribution in [0.5, 0.6) is 0 Å². The van der Waals surface area contributed by atoms with Crippen LogP contribution in [0, 0.1) is 0 Å². The lowest BCUT2D eigenvalue weighted by Crippen LogP contribution is -2.49. The first-order valence-corrected chi connectivity index (χ1v) is 8.66. The minimum Gasteiger partial charge on any atom is -0.418 e. The summed E-state index contributed by atoms with van der Waals surface area (Å²) < 4.78 is 41.8. The quantitative estimate of drug-likeness (QED) is 0.0696. The number of carbonyl (C=O) groups excluding carboxylic acids is 3. The van der Waals surface area contributed by atoms with Gasteiger partial charge in [-0.3, -0.25) is 14.1 Å². The van der Waals surface area contributed by atoms with E-state index in [-0.39, 0.29) is 12.0 Å². The number of aliphatic hydroxyl groups is 1. The lowest BCUT2D eigenvalue weighted by Gasteiger charge is -2.25. The number of hydrogen-bond donors (Lipinski definition) is 4.